The first-order valence-corrected chi connectivity index (χ1v) is 16.1. The monoisotopic (exact) mass is 652 g/mol. The number of aryl methyl sites for hydroxylation is 1. The van der Waals surface area contributed by atoms with Crippen molar-refractivity contribution < 1.29 is 28.7 Å². The molecule has 8 heteroatoms. The van der Waals surface area contributed by atoms with Crippen LogP contribution in [-0.4, -0.2) is 30.7 Å². The van der Waals surface area contributed by atoms with Crippen LogP contribution in [0, 0.1) is 6.92 Å². The Hall–Kier alpha value is -6.02. The first-order valence-electron chi connectivity index (χ1n) is 16.1. The molecular weight excluding hydrogens is 616 g/mol. The average molecular weight is 653 g/mol. The number of fused-ring (bicyclic) bond motifs is 2. The highest BCUT2D eigenvalue weighted by molar-refractivity contribution is 6.36. The van der Waals surface area contributed by atoms with E-state index in [1.807, 2.05) is 57.2 Å². The first kappa shape index (κ1) is 32.9. The maximum atomic E-state index is 13.6. The third-order valence-corrected chi connectivity index (χ3v) is 8.87. The quantitative estimate of drug-likeness (QED) is 0.163. The van der Waals surface area contributed by atoms with Crippen molar-refractivity contribution in [1.82, 2.24) is 0 Å². The van der Waals surface area contributed by atoms with Crippen LogP contribution in [0.4, 0.5) is 11.4 Å². The van der Waals surface area contributed by atoms with Gasteiger partial charge in [0.05, 0.1) is 40.7 Å². The standard InChI is InChI=1S/C39H30N2O6.C2H6/c1-23-8-18-31-33(20-23)37(44)40(35(31)42)26-6-5-7-27(21-26)41-36(43)32-19-17-30(22-34(32)38(41)45)47-29-15-11-25(12-16-29)39(2,3)24-9-13-28(46-4)14-10-24;1-2/h5-22H,1-4H3;1-2H3. The maximum Gasteiger partial charge on any atom is 0.266 e. The third-order valence-electron chi connectivity index (χ3n) is 8.87. The minimum atomic E-state index is -0.526. The van der Waals surface area contributed by atoms with Crippen LogP contribution in [0.5, 0.6) is 17.2 Å². The van der Waals surface area contributed by atoms with E-state index in [0.29, 0.717) is 22.6 Å². The second kappa shape index (κ2) is 12.9. The predicted octanol–water partition coefficient (Wildman–Crippen LogP) is 8.75. The Bertz CT molecular complexity index is 2120. The second-order valence-corrected chi connectivity index (χ2v) is 12.1. The van der Waals surface area contributed by atoms with Gasteiger partial charge in [0.1, 0.15) is 17.2 Å². The lowest BCUT2D eigenvalue weighted by Crippen LogP contribution is -2.31. The van der Waals surface area contributed by atoms with Crippen LogP contribution in [-0.2, 0) is 5.41 Å². The summed E-state index contributed by atoms with van der Waals surface area (Å²) in [6.07, 6.45) is 0. The van der Waals surface area contributed by atoms with Crippen molar-refractivity contribution in [3.05, 3.63) is 148 Å². The van der Waals surface area contributed by atoms with Gasteiger partial charge in [0.2, 0.25) is 0 Å². The van der Waals surface area contributed by atoms with Crippen LogP contribution < -0.4 is 19.3 Å². The van der Waals surface area contributed by atoms with Gasteiger partial charge in [-0.25, -0.2) is 9.80 Å². The molecule has 0 saturated carbocycles. The largest absolute Gasteiger partial charge is 0.497 e. The lowest BCUT2D eigenvalue weighted by molar-refractivity contribution is 0.0912. The number of methoxy groups -OCH3 is 1. The van der Waals surface area contributed by atoms with E-state index in [1.165, 1.54) is 6.07 Å². The van der Waals surface area contributed by atoms with E-state index in [-0.39, 0.29) is 27.9 Å². The van der Waals surface area contributed by atoms with Gasteiger partial charge in [0, 0.05) is 5.41 Å². The zero-order valence-corrected chi connectivity index (χ0v) is 28.2. The van der Waals surface area contributed by atoms with Gasteiger partial charge in [0.25, 0.3) is 23.6 Å². The van der Waals surface area contributed by atoms with Crippen LogP contribution >= 0.6 is 0 Å². The molecule has 246 valence electrons. The van der Waals surface area contributed by atoms with Gasteiger partial charge in [-0.15, -0.1) is 0 Å². The Kier molecular flexibility index (Phi) is 8.65. The molecule has 5 aromatic rings. The molecule has 2 aliphatic rings. The van der Waals surface area contributed by atoms with Gasteiger partial charge in [-0.1, -0.05) is 69.7 Å². The minimum Gasteiger partial charge on any atom is -0.497 e. The summed E-state index contributed by atoms with van der Waals surface area (Å²) < 4.78 is 11.4. The van der Waals surface area contributed by atoms with Gasteiger partial charge in [-0.3, -0.25) is 19.2 Å². The smallest absolute Gasteiger partial charge is 0.266 e. The van der Waals surface area contributed by atoms with Crippen LogP contribution in [0.2, 0.25) is 0 Å². The number of ether oxygens (including phenoxy) is 2. The second-order valence-electron chi connectivity index (χ2n) is 12.1. The van der Waals surface area contributed by atoms with Gasteiger partial charge in [-0.05, 0) is 90.8 Å². The van der Waals surface area contributed by atoms with Crippen LogP contribution in [0.25, 0.3) is 0 Å². The maximum absolute atomic E-state index is 13.6. The van der Waals surface area contributed by atoms with Gasteiger partial charge >= 0.3 is 0 Å². The number of anilines is 2. The molecule has 0 fully saturated rings. The molecule has 0 saturated heterocycles. The molecule has 7 rings (SSSR count). The summed E-state index contributed by atoms with van der Waals surface area (Å²) in [6, 6.07) is 31.9. The van der Waals surface area contributed by atoms with Crippen molar-refractivity contribution in [3.63, 3.8) is 0 Å². The molecule has 0 N–H and O–H groups in total. The Morgan fingerprint density at radius 1 is 0.510 bits per heavy atom. The highest BCUT2D eigenvalue weighted by Crippen LogP contribution is 2.37. The molecule has 4 amide bonds. The van der Waals surface area contributed by atoms with E-state index in [4.69, 9.17) is 9.47 Å². The Balaban J connectivity index is 0.00000205. The summed E-state index contributed by atoms with van der Waals surface area (Å²) in [4.78, 5) is 55.5. The highest BCUT2D eigenvalue weighted by Gasteiger charge is 2.39. The van der Waals surface area contributed by atoms with E-state index < -0.39 is 23.6 Å². The Morgan fingerprint density at radius 3 is 1.49 bits per heavy atom. The molecule has 2 aliphatic heterocycles. The minimum absolute atomic E-state index is 0.200. The molecule has 0 radical (unpaired) electrons. The van der Waals surface area contributed by atoms with E-state index in [2.05, 4.69) is 26.0 Å². The molecule has 5 aromatic carbocycles. The number of hydrogen-bond acceptors (Lipinski definition) is 6. The Morgan fingerprint density at radius 2 is 0.959 bits per heavy atom. The van der Waals surface area contributed by atoms with E-state index in [1.54, 1.807) is 61.7 Å². The topological polar surface area (TPSA) is 93.2 Å². The number of hydrogen-bond donors (Lipinski definition) is 0. The van der Waals surface area contributed by atoms with Gasteiger partial charge in [0.15, 0.2) is 0 Å². The number of carbonyl (C=O) groups excluding carboxylic acids is 4. The molecule has 0 aromatic heterocycles. The lowest BCUT2D eigenvalue weighted by atomic mass is 9.78. The SMILES string of the molecule is CC.COc1ccc(C(C)(C)c2ccc(Oc3ccc4c(c3)C(=O)N(c3cccc(N5C(=O)c6ccc(C)cc6C5=O)c3)C4=O)cc2)cc1. The van der Waals surface area contributed by atoms with Crippen molar-refractivity contribution in [3.8, 4) is 17.2 Å². The van der Waals surface area contributed by atoms with Crippen molar-refractivity contribution in [2.24, 2.45) is 0 Å². The molecule has 0 spiro atoms. The summed E-state index contributed by atoms with van der Waals surface area (Å²) in [5.41, 5.74) is 4.43. The van der Waals surface area contributed by atoms with Crippen molar-refractivity contribution in [2.45, 2.75) is 40.0 Å². The number of amides is 4. The van der Waals surface area contributed by atoms with E-state index in [9.17, 15) is 19.2 Å². The van der Waals surface area contributed by atoms with Gasteiger partial charge in [-0.2, -0.15) is 0 Å². The Labute approximate surface area is 285 Å². The van der Waals surface area contributed by atoms with E-state index >= 15 is 0 Å². The number of nitrogens with zero attached hydrogens (tertiary/aromatic N) is 2. The van der Waals surface area contributed by atoms with Crippen molar-refractivity contribution >= 4 is 35.0 Å². The van der Waals surface area contributed by atoms with Crippen molar-refractivity contribution in [2.75, 3.05) is 16.9 Å². The summed E-state index contributed by atoms with van der Waals surface area (Å²) in [7, 11) is 1.64. The van der Waals surface area contributed by atoms with Crippen LogP contribution in [0.3, 0.4) is 0 Å². The van der Waals surface area contributed by atoms with Gasteiger partial charge < -0.3 is 9.47 Å². The van der Waals surface area contributed by atoms with Crippen LogP contribution in [0.15, 0.2) is 109 Å². The van der Waals surface area contributed by atoms with Crippen LogP contribution in [0.1, 0.15) is 85.8 Å². The summed E-state index contributed by atoms with van der Waals surface area (Å²) in [5, 5.41) is 0. The normalized spacial score (nSPS) is 13.6. The average Bonchev–Trinajstić information content (AvgIpc) is 3.52. The number of benzene rings is 5. The van der Waals surface area contributed by atoms with E-state index in [0.717, 1.165) is 32.2 Å². The lowest BCUT2D eigenvalue weighted by Gasteiger charge is -2.26. The summed E-state index contributed by atoms with van der Waals surface area (Å²) in [6.45, 7) is 10.1. The fourth-order valence-electron chi connectivity index (χ4n) is 6.13. The highest BCUT2D eigenvalue weighted by atomic mass is 16.5. The molecule has 0 aliphatic carbocycles. The predicted molar refractivity (Wildman–Crippen MR) is 189 cm³/mol. The molecule has 0 unspecified atom stereocenters. The molecule has 49 heavy (non-hydrogen) atoms. The molecule has 2 heterocycles. The van der Waals surface area contributed by atoms with Crippen molar-refractivity contribution in [1.29, 1.82) is 0 Å². The fraction of sp³-hybridized carbons (Fsp3) is 0.171. The zero-order valence-electron chi connectivity index (χ0n) is 28.2. The molecular formula is C41H36N2O6. The third kappa shape index (κ3) is 5.75. The summed E-state index contributed by atoms with van der Waals surface area (Å²) in [5.74, 6) is -0.147. The molecule has 0 bridgehead atoms. The first-order chi connectivity index (χ1) is 23.6. The number of imide groups is 2. The molecule has 0 atom stereocenters. The zero-order chi connectivity index (χ0) is 35.0. The summed E-state index contributed by atoms with van der Waals surface area (Å²) >= 11 is 0. The fourth-order valence-corrected chi connectivity index (χ4v) is 6.13. The number of rotatable bonds is 7. The number of carbonyl (C=O) groups is 4. The molecule has 8 nitrogen and oxygen atoms in total.